The van der Waals surface area contributed by atoms with E-state index >= 15 is 0 Å². The molecule has 0 aromatic heterocycles. The standard InChI is InChI=1S/7K.7Na.2H4O7P2.2H3O4P/c;;;;;;;;;;;;;;2*1-8(2,3)7-9(4,5)6;2*1-5(2,3)4/h;;;;;;;;;;;;;;2*(H2,1,2,3)(H2,4,5,6);2*(H3,1,2,3,4)/q14*+1;;;;/p-14. The van der Waals surface area contributed by atoms with Crippen LogP contribution in [-0.2, 0) is 36.0 Å². The van der Waals surface area contributed by atoms with Crippen LogP contribution in [0.25, 0.3) is 0 Å². The fourth-order valence-electron chi connectivity index (χ4n) is 0.245. The molecule has 42 heteroatoms. The summed E-state index contributed by atoms with van der Waals surface area (Å²) in [4.78, 5) is 126. The monoisotopic (exact) mass is 971 g/mol. The van der Waals surface area contributed by atoms with Crippen LogP contribution >= 0.6 is 46.9 Å². The van der Waals surface area contributed by atoms with Crippen molar-refractivity contribution in [2.45, 2.75) is 0 Å². The van der Waals surface area contributed by atoms with Gasteiger partial charge in [0, 0.05) is 0 Å². The maximum Gasteiger partial charge on any atom is 1.00 e. The summed E-state index contributed by atoms with van der Waals surface area (Å²) in [6, 6.07) is 0. The Kier molecular flexibility index (Phi) is 182. The van der Waals surface area contributed by atoms with Crippen molar-refractivity contribution in [1.82, 2.24) is 0 Å². The van der Waals surface area contributed by atoms with E-state index in [2.05, 4.69) is 8.62 Å². The Morgan fingerprint density at radius 2 is 0.310 bits per heavy atom. The molecule has 0 heterocycles. The van der Waals surface area contributed by atoms with Crippen molar-refractivity contribution in [2.24, 2.45) is 0 Å². The summed E-state index contributed by atoms with van der Waals surface area (Å²) in [5.74, 6) is 0. The van der Waals surface area contributed by atoms with Crippen molar-refractivity contribution in [3.63, 3.8) is 0 Å². The molecular formula is K7Na7O22P6. The Hall–Kier alpha value is 19.2. The van der Waals surface area contributed by atoms with Crippen molar-refractivity contribution in [3.8, 4) is 0 Å². The van der Waals surface area contributed by atoms with Crippen molar-refractivity contribution in [2.75, 3.05) is 0 Å². The van der Waals surface area contributed by atoms with Crippen LogP contribution in [0.15, 0.2) is 0 Å². The Balaban J connectivity index is -0.0000000105. The maximum atomic E-state index is 9.32. The number of phosphoric acid groups is 6. The molecule has 0 spiro atoms. The molecule has 0 unspecified atom stereocenters. The van der Waals surface area contributed by atoms with Gasteiger partial charge in [-0.2, -0.15) is 15.6 Å². The van der Waals surface area contributed by atoms with E-state index in [4.69, 9.17) is 38.5 Å². The van der Waals surface area contributed by atoms with Crippen LogP contribution in [0.2, 0.25) is 0 Å². The molecule has 22 nitrogen and oxygen atoms in total. The first-order valence-corrected chi connectivity index (χ1v) is 13.1. The molecule has 0 aromatic rings. The minimum atomic E-state index is -5.68. The molecule has 0 aliphatic carbocycles. The van der Waals surface area contributed by atoms with Crippen LogP contribution in [0.1, 0.15) is 0 Å². The fourth-order valence-corrected chi connectivity index (χ4v) is 2.20. The third-order valence-corrected chi connectivity index (χ3v) is 3.60. The Morgan fingerprint density at radius 1 is 0.262 bits per heavy atom. The summed E-state index contributed by atoms with van der Waals surface area (Å²) >= 11 is 0. The first kappa shape index (κ1) is 119. The van der Waals surface area contributed by atoms with Gasteiger partial charge in [-0.05, 0) is 0 Å². The third kappa shape index (κ3) is 206. The molecule has 0 saturated carbocycles. The summed E-state index contributed by atoms with van der Waals surface area (Å²) in [7, 11) is -33.5. The van der Waals surface area contributed by atoms with Crippen molar-refractivity contribution in [1.29, 1.82) is 0 Å². The van der Waals surface area contributed by atoms with Crippen molar-refractivity contribution < 1.29 is 671 Å². The molecule has 176 valence electrons. The van der Waals surface area contributed by atoms with E-state index < -0.39 is 46.9 Å². The van der Waals surface area contributed by atoms with Crippen LogP contribution in [0, 0.1) is 0 Å². The second-order valence-electron chi connectivity index (χ2n) is 2.85. The summed E-state index contributed by atoms with van der Waals surface area (Å²) in [5.41, 5.74) is 0. The van der Waals surface area contributed by atoms with Gasteiger partial charge in [-0.1, -0.05) is 0 Å². The minimum Gasteiger partial charge on any atom is -0.822 e. The van der Waals surface area contributed by atoms with Gasteiger partial charge in [0.05, 0.1) is 31.3 Å². The summed E-state index contributed by atoms with van der Waals surface area (Å²) in [6.45, 7) is 0. The van der Waals surface area contributed by atoms with Crippen LogP contribution < -0.4 is 635 Å². The van der Waals surface area contributed by atoms with Gasteiger partial charge in [0.15, 0.2) is 0 Å². The molecule has 42 heavy (non-hydrogen) atoms. The first-order valence-electron chi connectivity index (χ1n) is 4.38. The van der Waals surface area contributed by atoms with Crippen molar-refractivity contribution >= 4 is 46.9 Å². The van der Waals surface area contributed by atoms with Crippen LogP contribution in [0.4, 0.5) is 0 Å². The third-order valence-electron chi connectivity index (χ3n) is 0.400. The molecule has 0 atom stereocenters. The molecule has 0 saturated heterocycles. The smallest absolute Gasteiger partial charge is 0.822 e. The molecule has 0 fully saturated rings. The summed E-state index contributed by atoms with van der Waals surface area (Å²) in [5, 5.41) is 0. The van der Waals surface area contributed by atoms with E-state index in [1.54, 1.807) is 0 Å². The molecule has 0 aromatic carbocycles. The van der Waals surface area contributed by atoms with Gasteiger partial charge >= 0.3 is 567 Å². The van der Waals surface area contributed by atoms with E-state index in [1.165, 1.54) is 0 Å². The average molecular weight is 972 g/mol. The molecule has 0 aliphatic heterocycles. The topological polar surface area (TPSA) is 444 Å². The molecule has 0 amide bonds. The maximum absolute atomic E-state index is 9.32. The normalized spacial score (nSPS) is 8.71. The SMILES string of the molecule is O=P([O-])([O-])OP(=O)([O-])[O-].O=P([O-])([O-])OP(=O)([O-])[O-].O=P([O-])([O-])[O-].O=P([O-])([O-])[O-].[K+].[K+].[K+].[K+].[K+].[K+].[K+].[Na+].[Na+].[Na+].[Na+].[Na+].[Na+].[Na+]. The quantitative estimate of drug-likeness (QED) is 0.186. The second kappa shape index (κ2) is 64.5. The molecule has 0 radical (unpaired) electrons. The van der Waals surface area contributed by atoms with Crippen LogP contribution in [0.5, 0.6) is 0 Å². The predicted molar refractivity (Wildman–Crippen MR) is 47.8 cm³/mol. The average Bonchev–Trinajstić information content (AvgIpc) is 1.95. The van der Waals surface area contributed by atoms with E-state index in [0.717, 1.165) is 0 Å². The second-order valence-corrected chi connectivity index (χ2v) is 9.52. The van der Waals surface area contributed by atoms with E-state index in [0.29, 0.717) is 0 Å². The Morgan fingerprint density at radius 3 is 0.310 bits per heavy atom. The van der Waals surface area contributed by atoms with E-state index in [9.17, 15) is 57.4 Å². The Labute approximate surface area is 693 Å². The van der Waals surface area contributed by atoms with E-state index in [-0.39, 0.29) is 567 Å². The van der Waals surface area contributed by atoms with E-state index in [1.807, 2.05) is 0 Å². The zero-order valence-corrected chi connectivity index (χ0v) is 66.9. The number of rotatable bonds is 4. The molecule has 0 rings (SSSR count). The zero-order valence-electron chi connectivity index (χ0n) is 25.7. The van der Waals surface area contributed by atoms with Gasteiger partial charge in [-0.15, -0.1) is 0 Å². The van der Waals surface area contributed by atoms with Gasteiger partial charge in [0.1, 0.15) is 0 Å². The predicted octanol–water partition coefficient (Wildman–Crippen LogP) is -54.3. The summed E-state index contributed by atoms with van der Waals surface area (Å²) < 4.78 is 59.4. The number of hydrogen-bond acceptors (Lipinski definition) is 22. The summed E-state index contributed by atoms with van der Waals surface area (Å²) in [6.07, 6.45) is 0. The molecular weight excluding hydrogens is 972 g/mol. The largest absolute Gasteiger partial charge is 1.00 e. The van der Waals surface area contributed by atoms with Gasteiger partial charge in [0.25, 0.3) is 0 Å². The minimum absolute atomic E-state index is 0. The van der Waals surface area contributed by atoms with Crippen molar-refractivity contribution in [3.05, 3.63) is 0 Å². The van der Waals surface area contributed by atoms with Crippen LogP contribution in [-0.4, -0.2) is 0 Å². The van der Waals surface area contributed by atoms with Gasteiger partial charge in [-0.25, -0.2) is 0 Å². The molecule has 0 bridgehead atoms. The van der Waals surface area contributed by atoms with Gasteiger partial charge in [-0.3, -0.25) is 0 Å². The fraction of sp³-hybridized carbons (Fsp3) is 0. The zero-order chi connectivity index (χ0) is 24.4. The Bertz CT molecular complexity index is 621. The van der Waals surface area contributed by atoms with Crippen LogP contribution in [0.3, 0.4) is 0 Å². The molecule has 0 N–H and O–H groups in total. The van der Waals surface area contributed by atoms with Gasteiger partial charge in [0.2, 0.25) is 0 Å². The molecule has 0 aliphatic rings. The van der Waals surface area contributed by atoms with Gasteiger partial charge < -0.3 is 105 Å². The number of hydrogen-bond donors (Lipinski definition) is 0. The first-order chi connectivity index (χ1) is 11.4.